The predicted octanol–water partition coefficient (Wildman–Crippen LogP) is 5.24. The molecule has 0 spiro atoms. The van der Waals surface area contributed by atoms with E-state index in [1.54, 1.807) is 12.1 Å². The van der Waals surface area contributed by atoms with Crippen molar-refractivity contribution < 1.29 is 9.59 Å². The van der Waals surface area contributed by atoms with Crippen LogP contribution in [0.25, 0.3) is 11.1 Å². The van der Waals surface area contributed by atoms with Crippen LogP contribution in [0.3, 0.4) is 0 Å². The minimum atomic E-state index is -0.458. The molecule has 0 bridgehead atoms. The van der Waals surface area contributed by atoms with Crippen LogP contribution in [0.4, 0.5) is 0 Å². The Kier molecular flexibility index (Phi) is 5.38. The average Bonchev–Trinajstić information content (AvgIpc) is 2.53. The number of benzene rings is 2. The first-order chi connectivity index (χ1) is 10.5. The second-order valence-electron chi connectivity index (χ2n) is 5.00. The molecule has 4 heteroatoms. The molecule has 2 aromatic rings. The Hall–Kier alpha value is -1.64. The molecule has 2 rings (SSSR count). The average molecular weight is 335 g/mol. The van der Waals surface area contributed by atoms with Crippen LogP contribution in [0, 0.1) is 0 Å². The Bertz CT molecular complexity index is 672. The van der Waals surface area contributed by atoms with Gasteiger partial charge in [0, 0.05) is 11.1 Å². The second-order valence-corrected chi connectivity index (χ2v) is 5.68. The van der Waals surface area contributed by atoms with Crippen LogP contribution >= 0.6 is 23.2 Å². The van der Waals surface area contributed by atoms with Gasteiger partial charge in [-0.15, -0.1) is 0 Å². The molecular formula is C18H16Cl2O2. The van der Waals surface area contributed by atoms with Crippen LogP contribution < -0.4 is 0 Å². The molecule has 0 amide bonds. The monoisotopic (exact) mass is 334 g/mol. The molecule has 0 saturated carbocycles. The highest BCUT2D eigenvalue weighted by atomic mass is 35.5. The van der Waals surface area contributed by atoms with Crippen LogP contribution in [0.15, 0.2) is 36.4 Å². The van der Waals surface area contributed by atoms with Crippen LogP contribution in [0.1, 0.15) is 45.7 Å². The zero-order chi connectivity index (χ0) is 16.3. The first-order valence-corrected chi connectivity index (χ1v) is 7.89. The topological polar surface area (TPSA) is 34.1 Å². The number of carbonyl (C=O) groups excluding carboxylic acids is 2. The quantitative estimate of drug-likeness (QED) is 0.701. The van der Waals surface area contributed by atoms with Gasteiger partial charge in [0.15, 0.2) is 0 Å². The highest BCUT2D eigenvalue weighted by Crippen LogP contribution is 2.30. The van der Waals surface area contributed by atoms with Crippen molar-refractivity contribution >= 4 is 33.7 Å². The van der Waals surface area contributed by atoms with Crippen molar-refractivity contribution in [3.8, 4) is 11.1 Å². The summed E-state index contributed by atoms with van der Waals surface area (Å²) >= 11 is 11.1. The fraction of sp³-hybridized carbons (Fsp3) is 0.222. The molecule has 0 aliphatic carbocycles. The van der Waals surface area contributed by atoms with Gasteiger partial charge in [0.25, 0.3) is 10.5 Å². The third kappa shape index (κ3) is 3.40. The third-order valence-electron chi connectivity index (χ3n) is 3.72. The highest BCUT2D eigenvalue weighted by molar-refractivity contribution is 6.68. The van der Waals surface area contributed by atoms with E-state index in [1.165, 1.54) is 0 Å². The zero-order valence-corrected chi connectivity index (χ0v) is 14.0. The van der Waals surface area contributed by atoms with Crippen molar-refractivity contribution in [3.63, 3.8) is 0 Å². The molecule has 22 heavy (non-hydrogen) atoms. The molecule has 0 aliphatic rings. The number of aryl methyl sites for hydroxylation is 2. The maximum absolute atomic E-state index is 11.3. The molecule has 0 aromatic heterocycles. The lowest BCUT2D eigenvalue weighted by molar-refractivity contribution is 0.107. The molecule has 114 valence electrons. The first-order valence-electron chi connectivity index (χ1n) is 7.13. The van der Waals surface area contributed by atoms with E-state index >= 15 is 0 Å². The molecule has 0 heterocycles. The minimum Gasteiger partial charge on any atom is -0.276 e. The molecule has 0 aliphatic heterocycles. The summed E-state index contributed by atoms with van der Waals surface area (Å²) < 4.78 is 0. The summed E-state index contributed by atoms with van der Waals surface area (Å²) in [5.74, 6) is 0. The molecule has 2 nitrogen and oxygen atoms in total. The van der Waals surface area contributed by atoms with Gasteiger partial charge in [-0.3, -0.25) is 9.59 Å². The Morgan fingerprint density at radius 1 is 0.773 bits per heavy atom. The number of hydrogen-bond acceptors (Lipinski definition) is 2. The Morgan fingerprint density at radius 3 is 1.41 bits per heavy atom. The van der Waals surface area contributed by atoms with E-state index in [-0.39, 0.29) is 0 Å². The van der Waals surface area contributed by atoms with Crippen LogP contribution in [-0.2, 0) is 12.8 Å². The largest absolute Gasteiger partial charge is 0.276 e. The number of hydrogen-bond donors (Lipinski definition) is 0. The smallest absolute Gasteiger partial charge is 0.252 e. The number of rotatable bonds is 5. The van der Waals surface area contributed by atoms with E-state index < -0.39 is 10.5 Å². The van der Waals surface area contributed by atoms with E-state index in [4.69, 9.17) is 23.2 Å². The zero-order valence-electron chi connectivity index (χ0n) is 12.5. The molecule has 0 N–H and O–H groups in total. The van der Waals surface area contributed by atoms with Crippen molar-refractivity contribution in [1.82, 2.24) is 0 Å². The molecule has 0 fully saturated rings. The van der Waals surface area contributed by atoms with Gasteiger partial charge < -0.3 is 0 Å². The Balaban J connectivity index is 2.60. The van der Waals surface area contributed by atoms with Gasteiger partial charge in [0.05, 0.1) is 0 Å². The summed E-state index contributed by atoms with van der Waals surface area (Å²) in [5.41, 5.74) is 5.18. The van der Waals surface area contributed by atoms with Crippen molar-refractivity contribution in [1.29, 1.82) is 0 Å². The molecule has 0 atom stereocenters. The Morgan fingerprint density at radius 2 is 1.14 bits per heavy atom. The Labute approximate surface area is 140 Å². The summed E-state index contributed by atoms with van der Waals surface area (Å²) in [6.45, 7) is 4.06. The molecule has 0 unspecified atom stereocenters. The van der Waals surface area contributed by atoms with E-state index in [2.05, 4.69) is 0 Å². The standard InChI is InChI=1S/C18H16Cl2O2/c1-3-11-9-13(17(19)21)5-7-15(11)16-8-6-14(18(20)22)10-12(16)4-2/h5-10H,3-4H2,1-2H3. The third-order valence-corrected chi connectivity index (χ3v) is 4.15. The summed E-state index contributed by atoms with van der Waals surface area (Å²) in [5, 5.41) is -0.917. The lowest BCUT2D eigenvalue weighted by atomic mass is 9.91. The van der Waals surface area contributed by atoms with E-state index in [0.717, 1.165) is 35.1 Å². The number of carbonyl (C=O) groups is 2. The van der Waals surface area contributed by atoms with Gasteiger partial charge in [-0.2, -0.15) is 0 Å². The normalized spacial score (nSPS) is 10.5. The summed E-state index contributed by atoms with van der Waals surface area (Å²) in [7, 11) is 0. The van der Waals surface area contributed by atoms with Crippen molar-refractivity contribution in [2.75, 3.05) is 0 Å². The lowest BCUT2D eigenvalue weighted by Crippen LogP contribution is -1.98. The fourth-order valence-corrected chi connectivity index (χ4v) is 2.78. The molecular weight excluding hydrogens is 319 g/mol. The van der Waals surface area contributed by atoms with Crippen LogP contribution in [-0.4, -0.2) is 10.5 Å². The van der Waals surface area contributed by atoms with Crippen molar-refractivity contribution in [3.05, 3.63) is 58.7 Å². The van der Waals surface area contributed by atoms with Gasteiger partial charge in [0.2, 0.25) is 0 Å². The number of halogens is 2. The van der Waals surface area contributed by atoms with Gasteiger partial charge in [-0.25, -0.2) is 0 Å². The van der Waals surface area contributed by atoms with E-state index in [9.17, 15) is 9.59 Å². The van der Waals surface area contributed by atoms with Gasteiger partial charge in [-0.1, -0.05) is 26.0 Å². The predicted molar refractivity (Wildman–Crippen MR) is 91.0 cm³/mol. The van der Waals surface area contributed by atoms with Crippen molar-refractivity contribution in [2.24, 2.45) is 0 Å². The van der Waals surface area contributed by atoms with Crippen LogP contribution in [0.2, 0.25) is 0 Å². The van der Waals surface area contributed by atoms with Gasteiger partial charge in [0.1, 0.15) is 0 Å². The van der Waals surface area contributed by atoms with Gasteiger partial charge in [-0.05, 0) is 82.6 Å². The summed E-state index contributed by atoms with van der Waals surface area (Å²) in [6.07, 6.45) is 1.57. The summed E-state index contributed by atoms with van der Waals surface area (Å²) in [6, 6.07) is 10.9. The van der Waals surface area contributed by atoms with Crippen LogP contribution in [0.5, 0.6) is 0 Å². The molecule has 0 saturated heterocycles. The lowest BCUT2D eigenvalue weighted by Gasteiger charge is -2.14. The second kappa shape index (κ2) is 7.08. The maximum atomic E-state index is 11.3. The minimum absolute atomic E-state index is 0.458. The molecule has 0 radical (unpaired) electrons. The van der Waals surface area contributed by atoms with Gasteiger partial charge >= 0.3 is 0 Å². The van der Waals surface area contributed by atoms with Crippen molar-refractivity contribution in [2.45, 2.75) is 26.7 Å². The SMILES string of the molecule is CCc1cc(C(=O)Cl)ccc1-c1ccc(C(=O)Cl)cc1CC. The highest BCUT2D eigenvalue weighted by Gasteiger charge is 2.13. The van der Waals surface area contributed by atoms with E-state index in [1.807, 2.05) is 38.1 Å². The maximum Gasteiger partial charge on any atom is 0.252 e. The fourth-order valence-electron chi connectivity index (χ4n) is 2.54. The first kappa shape index (κ1) is 16.7. The molecule has 2 aromatic carbocycles. The van der Waals surface area contributed by atoms with E-state index in [0.29, 0.717) is 11.1 Å². The summed E-state index contributed by atoms with van der Waals surface area (Å²) in [4.78, 5) is 22.6.